The number of hydrogen-bond donors (Lipinski definition) is 1. The van der Waals surface area contributed by atoms with Gasteiger partial charge in [-0.3, -0.25) is 0 Å². The van der Waals surface area contributed by atoms with Crippen molar-refractivity contribution in [2.45, 2.75) is 13.3 Å². The summed E-state index contributed by atoms with van der Waals surface area (Å²) in [6.45, 7) is 2.67. The van der Waals surface area contributed by atoms with Crippen LogP contribution in [0.2, 0.25) is 0 Å². The van der Waals surface area contributed by atoms with E-state index < -0.39 is 0 Å². The normalized spacial score (nSPS) is 9.20. The van der Waals surface area contributed by atoms with Crippen LogP contribution in [0.15, 0.2) is 48.5 Å². The lowest BCUT2D eigenvalue weighted by atomic mass is 10.2. The summed E-state index contributed by atoms with van der Waals surface area (Å²) in [7, 11) is 0. The van der Waals surface area contributed by atoms with Gasteiger partial charge in [0, 0.05) is 11.8 Å². The van der Waals surface area contributed by atoms with E-state index in [2.05, 4.69) is 10.3 Å². The van der Waals surface area contributed by atoms with Crippen LogP contribution in [0.1, 0.15) is 13.3 Å². The molecule has 0 saturated carbocycles. The summed E-state index contributed by atoms with van der Waals surface area (Å²) in [5, 5.41) is 12.1. The second kappa shape index (κ2) is 8.03. The molecule has 1 N–H and O–H groups in total. The van der Waals surface area contributed by atoms with Crippen molar-refractivity contribution in [2.75, 3.05) is 11.9 Å². The number of hydrogen-bond acceptors (Lipinski definition) is 3. The van der Waals surface area contributed by atoms with Gasteiger partial charge >= 0.3 is 5.69 Å². The average molecular weight is 290 g/mol. The molecule has 0 aromatic heterocycles. The highest BCUT2D eigenvalue weighted by molar-refractivity contribution is 5.70. The topological polar surface area (TPSA) is 49.4 Å². The Kier molecular flexibility index (Phi) is 6.34. The SMILES string of the molecule is CCCOc1cc([N+]#N)ccc1Nc1ccccc1.[Cl-]. The van der Waals surface area contributed by atoms with E-state index in [9.17, 15) is 0 Å². The third kappa shape index (κ3) is 4.15. The molecule has 0 atom stereocenters. The molecule has 0 aliphatic rings. The van der Waals surface area contributed by atoms with Crippen molar-refractivity contribution < 1.29 is 17.1 Å². The van der Waals surface area contributed by atoms with Gasteiger partial charge in [-0.2, -0.15) is 0 Å². The monoisotopic (exact) mass is 289 g/mol. The lowest BCUT2D eigenvalue weighted by Gasteiger charge is -2.11. The zero-order valence-corrected chi connectivity index (χ0v) is 12.0. The molecule has 5 heteroatoms. The van der Waals surface area contributed by atoms with Crippen molar-refractivity contribution in [1.29, 1.82) is 5.39 Å². The van der Waals surface area contributed by atoms with Gasteiger partial charge in [-0.25, -0.2) is 0 Å². The number of nitrogens with zero attached hydrogens (tertiary/aromatic N) is 2. The van der Waals surface area contributed by atoms with Crippen molar-refractivity contribution in [3.05, 3.63) is 53.5 Å². The summed E-state index contributed by atoms with van der Waals surface area (Å²) in [5.41, 5.74) is 2.31. The van der Waals surface area contributed by atoms with E-state index in [1.54, 1.807) is 12.1 Å². The van der Waals surface area contributed by atoms with Gasteiger partial charge in [-0.05, 0) is 24.6 Å². The van der Waals surface area contributed by atoms with Crippen LogP contribution in [-0.2, 0) is 0 Å². The third-order valence-electron chi connectivity index (χ3n) is 2.60. The number of diazo groups is 1. The van der Waals surface area contributed by atoms with Crippen LogP contribution < -0.4 is 22.5 Å². The Morgan fingerprint density at radius 2 is 1.90 bits per heavy atom. The first-order valence-electron chi connectivity index (χ1n) is 6.27. The number of nitrogens with one attached hydrogen (secondary N) is 1. The van der Waals surface area contributed by atoms with Gasteiger partial charge < -0.3 is 22.5 Å². The Morgan fingerprint density at radius 3 is 2.55 bits per heavy atom. The summed E-state index contributed by atoms with van der Waals surface area (Å²) in [4.78, 5) is 3.18. The first-order valence-corrected chi connectivity index (χ1v) is 6.27. The molecule has 0 aliphatic heterocycles. The van der Waals surface area contributed by atoms with Crippen molar-refractivity contribution in [1.82, 2.24) is 0 Å². The van der Waals surface area contributed by atoms with Crippen LogP contribution in [0.3, 0.4) is 0 Å². The Bertz CT molecular complexity index is 581. The van der Waals surface area contributed by atoms with Gasteiger partial charge in [0.15, 0.2) is 10.7 Å². The molecular formula is C15H16ClN3O. The summed E-state index contributed by atoms with van der Waals surface area (Å²) >= 11 is 0. The van der Waals surface area contributed by atoms with Crippen LogP contribution in [0.4, 0.5) is 17.1 Å². The van der Waals surface area contributed by atoms with Crippen molar-refractivity contribution in [2.24, 2.45) is 0 Å². The van der Waals surface area contributed by atoms with Crippen molar-refractivity contribution in [3.8, 4) is 5.75 Å². The molecule has 0 heterocycles. The zero-order chi connectivity index (χ0) is 13.5. The van der Waals surface area contributed by atoms with Crippen LogP contribution >= 0.6 is 0 Å². The first kappa shape index (κ1) is 15.8. The number of para-hydroxylation sites is 1. The van der Waals surface area contributed by atoms with E-state index in [1.807, 2.05) is 43.3 Å². The fourth-order valence-corrected chi connectivity index (χ4v) is 1.68. The molecule has 0 fully saturated rings. The number of ether oxygens (including phenoxy) is 1. The Balaban J connectivity index is 0.00000200. The fraction of sp³-hybridized carbons (Fsp3) is 0.200. The number of benzene rings is 2. The number of anilines is 2. The van der Waals surface area contributed by atoms with E-state index in [0.29, 0.717) is 18.0 Å². The molecule has 4 nitrogen and oxygen atoms in total. The Morgan fingerprint density at radius 1 is 1.15 bits per heavy atom. The highest BCUT2D eigenvalue weighted by atomic mass is 35.5. The molecule has 0 saturated heterocycles. The molecule has 2 rings (SSSR count). The second-order valence-electron chi connectivity index (χ2n) is 4.12. The minimum Gasteiger partial charge on any atom is -1.00 e. The van der Waals surface area contributed by atoms with Crippen molar-refractivity contribution in [3.63, 3.8) is 0 Å². The van der Waals surface area contributed by atoms with Gasteiger partial charge in [0.25, 0.3) is 0 Å². The first-order chi connectivity index (χ1) is 9.33. The van der Waals surface area contributed by atoms with Crippen LogP contribution in [0.5, 0.6) is 5.75 Å². The molecule has 2 aromatic carbocycles. The van der Waals surface area contributed by atoms with Gasteiger partial charge in [0.05, 0.1) is 18.4 Å². The highest BCUT2D eigenvalue weighted by Gasteiger charge is 2.11. The minimum atomic E-state index is 0. The minimum absolute atomic E-state index is 0. The molecule has 104 valence electrons. The largest absolute Gasteiger partial charge is 1.00 e. The molecule has 0 radical (unpaired) electrons. The molecule has 0 amide bonds. The third-order valence-corrected chi connectivity index (χ3v) is 2.60. The second-order valence-corrected chi connectivity index (χ2v) is 4.12. The molecule has 0 spiro atoms. The van der Waals surface area contributed by atoms with E-state index in [0.717, 1.165) is 17.8 Å². The van der Waals surface area contributed by atoms with E-state index in [-0.39, 0.29) is 12.4 Å². The summed E-state index contributed by atoms with van der Waals surface area (Å²) in [5.74, 6) is 0.681. The maximum atomic E-state index is 8.82. The fourth-order valence-electron chi connectivity index (χ4n) is 1.68. The predicted octanol–water partition coefficient (Wildman–Crippen LogP) is 1.71. The molecular weight excluding hydrogens is 274 g/mol. The van der Waals surface area contributed by atoms with Crippen LogP contribution in [0, 0.1) is 5.39 Å². The molecule has 0 bridgehead atoms. The van der Waals surface area contributed by atoms with Crippen molar-refractivity contribution >= 4 is 17.1 Å². The van der Waals surface area contributed by atoms with Gasteiger partial charge in [0.1, 0.15) is 0 Å². The van der Waals surface area contributed by atoms with Gasteiger partial charge in [0.2, 0.25) is 5.39 Å². The average Bonchev–Trinajstić information content (AvgIpc) is 2.47. The maximum absolute atomic E-state index is 8.82. The molecule has 20 heavy (non-hydrogen) atoms. The number of rotatable bonds is 5. The van der Waals surface area contributed by atoms with Crippen LogP contribution in [0.25, 0.3) is 4.98 Å². The smallest absolute Gasteiger partial charge is 0.388 e. The summed E-state index contributed by atoms with van der Waals surface area (Å²) in [6.07, 6.45) is 0.922. The lowest BCUT2D eigenvalue weighted by molar-refractivity contribution is -0.00000449. The Hall–Kier alpha value is -2.25. The predicted molar refractivity (Wildman–Crippen MR) is 76.7 cm³/mol. The van der Waals surface area contributed by atoms with E-state index in [1.165, 1.54) is 0 Å². The molecule has 0 aliphatic carbocycles. The van der Waals surface area contributed by atoms with Gasteiger partial charge in [-0.1, -0.05) is 25.1 Å². The number of halogens is 1. The van der Waals surface area contributed by atoms with Gasteiger partial charge in [-0.15, -0.1) is 0 Å². The lowest BCUT2D eigenvalue weighted by Crippen LogP contribution is -3.00. The maximum Gasteiger partial charge on any atom is 0.388 e. The zero-order valence-electron chi connectivity index (χ0n) is 11.2. The molecule has 2 aromatic rings. The quantitative estimate of drug-likeness (QED) is 0.853. The van der Waals surface area contributed by atoms with Crippen LogP contribution in [-0.4, -0.2) is 6.61 Å². The standard InChI is InChI=1S/C15H16N3O.ClH/c1-2-10-19-15-11-13(18-16)8-9-14(15)17-12-6-4-3-5-7-12;/h3-9,11,17H,2,10H2,1H3;1H/q+1;/p-1. The van der Waals surface area contributed by atoms with E-state index >= 15 is 0 Å². The Labute approximate surface area is 124 Å². The highest BCUT2D eigenvalue weighted by Crippen LogP contribution is 2.32. The summed E-state index contributed by atoms with van der Waals surface area (Å²) < 4.78 is 5.67. The summed E-state index contributed by atoms with van der Waals surface area (Å²) in [6, 6.07) is 15.1. The molecule has 0 unspecified atom stereocenters. The van der Waals surface area contributed by atoms with E-state index in [4.69, 9.17) is 10.1 Å².